The highest BCUT2D eigenvalue weighted by molar-refractivity contribution is 7.16. The molecule has 1 aliphatic rings. The highest BCUT2D eigenvalue weighted by Gasteiger charge is 2.43. The van der Waals surface area contributed by atoms with Crippen molar-refractivity contribution in [3.8, 4) is 11.3 Å². The van der Waals surface area contributed by atoms with Crippen molar-refractivity contribution in [2.75, 3.05) is 6.61 Å². The predicted molar refractivity (Wildman–Crippen MR) is 168 cm³/mol. The largest absolute Gasteiger partial charge is 0.396 e. The molecule has 0 aromatic carbocycles. The van der Waals surface area contributed by atoms with E-state index in [0.29, 0.717) is 5.69 Å². The first-order chi connectivity index (χ1) is 20.8. The number of nitrogens with zero attached hydrogens (tertiary/aromatic N) is 4. The van der Waals surface area contributed by atoms with E-state index in [4.69, 9.17) is 29.1 Å². The van der Waals surface area contributed by atoms with Crippen LogP contribution in [0.2, 0.25) is 0 Å². The molecule has 4 heterocycles. The average Bonchev–Trinajstić information content (AvgIpc) is 3.31. The molecular weight excluding hydrogens is 621 g/mol. The van der Waals surface area contributed by atoms with Gasteiger partial charge in [0.05, 0.1) is 24.0 Å². The Hall–Kier alpha value is -2.86. The standard InChI is InChI=1S/C21H22N4O6.C5H8.HO2P.2H3OP/c26-10-6-16-18(28)19(29)20(31-16)24-9-5-17(27)25(21(24)30)12-14-11-13(4-8-22-14)15-3-1-2-7-23-15;1-3-5-4-2;1-3-2;2*1-2/h1-5,7-9,11,16,18-20,26,28-29H,6,10,12H2;3-5H,1H2,2H3;(H,1,2);2*1H,2H2/b;5-4-;;;. The Morgan fingerprint density at radius 1 is 1.07 bits per heavy atom. The number of hydrogen-bond acceptors (Lipinski definition) is 11. The lowest BCUT2D eigenvalue weighted by Crippen LogP contribution is -2.43. The van der Waals surface area contributed by atoms with Crippen LogP contribution in [0.3, 0.4) is 0 Å². The van der Waals surface area contributed by atoms with Crippen molar-refractivity contribution in [2.45, 2.75) is 44.4 Å². The van der Waals surface area contributed by atoms with E-state index in [0.717, 1.165) is 20.4 Å². The van der Waals surface area contributed by atoms with Gasteiger partial charge in [-0.05, 0) is 56.5 Å². The molecule has 1 saturated heterocycles. The van der Waals surface area contributed by atoms with Gasteiger partial charge >= 0.3 is 14.4 Å². The molecule has 0 spiro atoms. The zero-order chi connectivity index (χ0) is 32.8. The summed E-state index contributed by atoms with van der Waals surface area (Å²) < 4.78 is 16.1. The van der Waals surface area contributed by atoms with Gasteiger partial charge in [0, 0.05) is 36.8 Å². The zero-order valence-corrected chi connectivity index (χ0v) is 26.5. The SMILES string of the molecule is C=C/C=C\C.O=PO.O=c1ccn(C2OC(CCO)C(O)C2O)c(=O)n1Cc1cc(-c2ccccn2)ccn1.OP.OP. The van der Waals surface area contributed by atoms with Crippen molar-refractivity contribution < 1.29 is 39.3 Å². The van der Waals surface area contributed by atoms with E-state index in [-0.39, 0.29) is 19.6 Å². The summed E-state index contributed by atoms with van der Waals surface area (Å²) in [5.74, 6) is 0. The Morgan fingerprint density at radius 2 is 1.74 bits per heavy atom. The van der Waals surface area contributed by atoms with Gasteiger partial charge in [-0.25, -0.2) is 9.36 Å². The summed E-state index contributed by atoms with van der Waals surface area (Å²) >= 11 is 0. The first-order valence-electron chi connectivity index (χ1n) is 12.4. The molecule has 3 aromatic rings. The third kappa shape index (κ3) is 12.7. The van der Waals surface area contributed by atoms with Gasteiger partial charge in [0.15, 0.2) is 6.23 Å². The molecule has 0 aliphatic carbocycles. The van der Waals surface area contributed by atoms with Gasteiger partial charge in [-0.2, -0.15) is 0 Å². The minimum atomic E-state index is -1.38. The molecule has 43 heavy (non-hydrogen) atoms. The normalized spacial score (nSPS) is 18.5. The fourth-order valence-corrected chi connectivity index (χ4v) is 3.75. The molecule has 17 heteroatoms. The van der Waals surface area contributed by atoms with Gasteiger partial charge in [0.1, 0.15) is 12.2 Å². The van der Waals surface area contributed by atoms with Crippen LogP contribution in [0.5, 0.6) is 0 Å². The van der Waals surface area contributed by atoms with Crippen LogP contribution >= 0.6 is 27.6 Å². The molecule has 0 radical (unpaired) electrons. The Morgan fingerprint density at radius 3 is 2.28 bits per heavy atom. The summed E-state index contributed by atoms with van der Waals surface area (Å²) in [6.07, 6.45) is 5.49. The summed E-state index contributed by atoms with van der Waals surface area (Å²) in [5, 5.41) is 29.5. The molecule has 14 nitrogen and oxygen atoms in total. The van der Waals surface area contributed by atoms with Gasteiger partial charge in [0.2, 0.25) is 0 Å². The van der Waals surface area contributed by atoms with Gasteiger partial charge in [-0.15, -0.1) is 0 Å². The zero-order valence-electron chi connectivity index (χ0n) is 23.3. The van der Waals surface area contributed by atoms with Gasteiger partial charge in [0.25, 0.3) is 5.56 Å². The summed E-state index contributed by atoms with van der Waals surface area (Å²) in [6, 6.07) is 10.2. The topological polar surface area (TPSA) is 217 Å². The molecule has 6 unspecified atom stereocenters. The van der Waals surface area contributed by atoms with E-state index >= 15 is 0 Å². The Balaban J connectivity index is 0.00000128. The van der Waals surface area contributed by atoms with Crippen molar-refractivity contribution in [3.05, 3.63) is 106 Å². The molecule has 1 fully saturated rings. The molecule has 0 bridgehead atoms. The second kappa shape index (κ2) is 23.6. The van der Waals surface area contributed by atoms with Gasteiger partial charge < -0.3 is 34.7 Å². The van der Waals surface area contributed by atoms with Crippen molar-refractivity contribution in [3.63, 3.8) is 0 Å². The molecule has 6 N–H and O–H groups in total. The predicted octanol–water partition coefficient (Wildman–Crippen LogP) is 0.988. The van der Waals surface area contributed by atoms with Crippen LogP contribution in [0.1, 0.15) is 25.3 Å². The molecule has 236 valence electrons. The van der Waals surface area contributed by atoms with Crippen molar-refractivity contribution >= 4 is 27.6 Å². The molecule has 6 atom stereocenters. The fraction of sp³-hybridized carbons (Fsp3) is 0.308. The van der Waals surface area contributed by atoms with Crippen molar-refractivity contribution in [2.24, 2.45) is 0 Å². The summed E-state index contributed by atoms with van der Waals surface area (Å²) in [7, 11) is 2.00. The number of ether oxygens (including phenoxy) is 1. The maximum atomic E-state index is 13.0. The monoisotopic (exact) mass is 658 g/mol. The first kappa shape index (κ1) is 40.1. The Bertz CT molecular complexity index is 1360. The van der Waals surface area contributed by atoms with Crippen LogP contribution in [-0.4, -0.2) is 74.0 Å². The summed E-state index contributed by atoms with van der Waals surface area (Å²) in [6.45, 7) is 5.09. The Labute approximate surface area is 254 Å². The van der Waals surface area contributed by atoms with Crippen LogP contribution in [0.4, 0.5) is 0 Å². The van der Waals surface area contributed by atoms with Crippen LogP contribution in [0.15, 0.2) is 89.4 Å². The highest BCUT2D eigenvalue weighted by atomic mass is 31.1. The number of aliphatic hydroxyl groups is 3. The minimum absolute atomic E-state index is 0.0926. The smallest absolute Gasteiger partial charge is 0.333 e. The third-order valence-corrected chi connectivity index (χ3v) is 5.55. The second-order valence-corrected chi connectivity index (χ2v) is 8.25. The molecular formula is C26H37N4O10P3. The molecule has 3 aromatic heterocycles. The molecule has 0 amide bonds. The average molecular weight is 659 g/mol. The van der Waals surface area contributed by atoms with Crippen LogP contribution in [0, 0.1) is 0 Å². The van der Waals surface area contributed by atoms with Crippen molar-refractivity contribution in [1.29, 1.82) is 0 Å². The second-order valence-electron chi connectivity index (χ2n) is 8.08. The van der Waals surface area contributed by atoms with E-state index < -0.39 is 44.5 Å². The first-order valence-corrected chi connectivity index (χ1v) is 14.2. The molecule has 0 saturated carbocycles. The lowest BCUT2D eigenvalue weighted by molar-refractivity contribution is -0.0458. The van der Waals surface area contributed by atoms with E-state index in [9.17, 15) is 19.8 Å². The highest BCUT2D eigenvalue weighted by Crippen LogP contribution is 2.29. The molecule has 4 rings (SSSR count). The number of hydrogen-bond donors (Lipinski definition) is 6. The van der Waals surface area contributed by atoms with E-state index in [1.807, 2.05) is 31.2 Å². The van der Waals surface area contributed by atoms with Crippen LogP contribution in [0.25, 0.3) is 11.3 Å². The number of aromatic nitrogens is 4. The third-order valence-electron chi connectivity index (χ3n) is 5.55. The minimum Gasteiger partial charge on any atom is -0.396 e. The maximum absolute atomic E-state index is 13.0. The summed E-state index contributed by atoms with van der Waals surface area (Å²) in [4.78, 5) is 54.8. The maximum Gasteiger partial charge on any atom is 0.333 e. The summed E-state index contributed by atoms with van der Waals surface area (Å²) in [5.41, 5.74) is 0.755. The van der Waals surface area contributed by atoms with Crippen LogP contribution < -0.4 is 11.2 Å². The number of allylic oxidation sites excluding steroid dienone is 3. The number of aliphatic hydroxyl groups excluding tert-OH is 3. The van der Waals surface area contributed by atoms with Crippen molar-refractivity contribution in [1.82, 2.24) is 19.1 Å². The number of pyridine rings is 2. The van der Waals surface area contributed by atoms with Crippen LogP contribution in [-0.2, 0) is 15.8 Å². The van der Waals surface area contributed by atoms with Gasteiger partial charge in [-0.1, -0.05) is 30.9 Å². The number of rotatable bonds is 7. The van der Waals surface area contributed by atoms with Gasteiger partial charge in [-0.3, -0.25) is 23.9 Å². The Kier molecular flexibility index (Phi) is 22.0. The fourth-order valence-electron chi connectivity index (χ4n) is 3.75. The van der Waals surface area contributed by atoms with E-state index in [1.165, 1.54) is 31.2 Å². The van der Waals surface area contributed by atoms with E-state index in [2.05, 4.69) is 16.5 Å². The molecule has 1 aliphatic heterocycles. The van der Waals surface area contributed by atoms with E-state index in [1.54, 1.807) is 36.7 Å². The lowest BCUT2D eigenvalue weighted by atomic mass is 10.1. The quantitative estimate of drug-likeness (QED) is 0.155. The lowest BCUT2D eigenvalue weighted by Gasteiger charge is -2.18.